The second-order valence-corrected chi connectivity index (χ2v) is 6.78. The molecule has 0 amide bonds. The average molecular weight is 265 g/mol. The third kappa shape index (κ3) is 2.14. The molecule has 0 spiro atoms. The van der Waals surface area contributed by atoms with Crippen molar-refractivity contribution in [1.82, 2.24) is 10.2 Å². The molecule has 3 atom stereocenters. The lowest BCUT2D eigenvalue weighted by atomic mass is 9.55. The molecule has 0 aromatic rings. The third-order valence-electron chi connectivity index (χ3n) is 5.23. The zero-order valence-electron chi connectivity index (χ0n) is 12.5. The van der Waals surface area contributed by atoms with E-state index in [9.17, 15) is 0 Å². The summed E-state index contributed by atoms with van der Waals surface area (Å²) in [5.74, 6) is 1.77. The fraction of sp³-hybridized carbons (Fsp3) is 0.933. The van der Waals surface area contributed by atoms with Gasteiger partial charge in [0.2, 0.25) is 0 Å². The number of likely N-dealkylation sites (tertiary alicyclic amines) is 1. The lowest BCUT2D eigenvalue weighted by molar-refractivity contribution is -0.188. The van der Waals surface area contributed by atoms with Crippen LogP contribution >= 0.6 is 0 Å². The predicted molar refractivity (Wildman–Crippen MR) is 77.3 cm³/mol. The van der Waals surface area contributed by atoms with Crippen molar-refractivity contribution in [1.29, 1.82) is 0 Å². The molecule has 1 saturated carbocycles. The summed E-state index contributed by atoms with van der Waals surface area (Å²) in [6, 6.07) is 0.511. The largest absolute Gasteiger partial charge is 0.377 e. The highest BCUT2D eigenvalue weighted by Gasteiger charge is 2.58. The van der Waals surface area contributed by atoms with Crippen LogP contribution in [-0.4, -0.2) is 49.7 Å². The van der Waals surface area contributed by atoms with E-state index in [2.05, 4.69) is 29.1 Å². The minimum absolute atomic E-state index is 0.223. The van der Waals surface area contributed by atoms with Crippen LogP contribution in [0.5, 0.6) is 0 Å². The summed E-state index contributed by atoms with van der Waals surface area (Å²) < 4.78 is 5.97. The van der Waals surface area contributed by atoms with Crippen LogP contribution in [-0.2, 0) is 4.74 Å². The summed E-state index contributed by atoms with van der Waals surface area (Å²) in [5, 5.41) is 3.73. The van der Waals surface area contributed by atoms with Crippen LogP contribution in [0.3, 0.4) is 0 Å². The first-order valence-corrected chi connectivity index (χ1v) is 7.74. The van der Waals surface area contributed by atoms with Gasteiger partial charge in [-0.3, -0.25) is 4.99 Å². The fourth-order valence-electron chi connectivity index (χ4n) is 4.18. The summed E-state index contributed by atoms with van der Waals surface area (Å²) in [7, 11) is 1.90. The number of nitrogens with zero attached hydrogens (tertiary/aromatic N) is 2. The van der Waals surface area contributed by atoms with Crippen LogP contribution < -0.4 is 5.32 Å². The molecule has 2 saturated heterocycles. The number of nitrogens with one attached hydrogen (secondary N) is 1. The Morgan fingerprint density at radius 3 is 2.68 bits per heavy atom. The molecule has 1 N–H and O–H groups in total. The third-order valence-corrected chi connectivity index (χ3v) is 5.23. The SMILES string of the molecule is CN=C(NC1C2CCCOC2C1(C)C)N1CCCC1. The standard InChI is InChI=1S/C15H27N3O/c1-15(2)12(11-7-6-10-19-13(11)15)17-14(16-3)18-8-4-5-9-18/h11-13H,4-10H2,1-3H3,(H,16,17). The van der Waals surface area contributed by atoms with E-state index in [1.165, 1.54) is 25.7 Å². The highest BCUT2D eigenvalue weighted by atomic mass is 16.5. The first kappa shape index (κ1) is 13.2. The van der Waals surface area contributed by atoms with Crippen LogP contribution in [0.2, 0.25) is 0 Å². The van der Waals surface area contributed by atoms with Gasteiger partial charge in [-0.1, -0.05) is 13.8 Å². The molecule has 3 unspecified atom stereocenters. The molecule has 108 valence electrons. The summed E-state index contributed by atoms with van der Waals surface area (Å²) in [6.07, 6.45) is 5.53. The number of fused-ring (bicyclic) bond motifs is 1. The molecular weight excluding hydrogens is 238 g/mol. The van der Waals surface area contributed by atoms with E-state index < -0.39 is 0 Å². The van der Waals surface area contributed by atoms with E-state index in [0.29, 0.717) is 18.1 Å². The van der Waals surface area contributed by atoms with E-state index in [-0.39, 0.29) is 5.41 Å². The maximum Gasteiger partial charge on any atom is 0.193 e. The number of hydrogen-bond donors (Lipinski definition) is 1. The molecule has 2 aliphatic heterocycles. The topological polar surface area (TPSA) is 36.9 Å². The number of guanidine groups is 1. The highest BCUT2D eigenvalue weighted by molar-refractivity contribution is 5.80. The maximum absolute atomic E-state index is 5.97. The first-order valence-electron chi connectivity index (χ1n) is 7.74. The molecule has 0 aromatic carbocycles. The smallest absolute Gasteiger partial charge is 0.193 e. The summed E-state index contributed by atoms with van der Waals surface area (Å²) in [4.78, 5) is 6.88. The molecule has 19 heavy (non-hydrogen) atoms. The Kier molecular flexibility index (Phi) is 3.46. The van der Waals surface area contributed by atoms with Crippen molar-refractivity contribution in [3.8, 4) is 0 Å². The minimum Gasteiger partial charge on any atom is -0.377 e. The van der Waals surface area contributed by atoms with Gasteiger partial charge in [0.15, 0.2) is 5.96 Å². The van der Waals surface area contributed by atoms with Gasteiger partial charge in [0.05, 0.1) is 6.10 Å². The second kappa shape index (κ2) is 4.97. The van der Waals surface area contributed by atoms with Crippen molar-refractivity contribution < 1.29 is 4.74 Å². The number of ether oxygens (including phenoxy) is 1. The molecule has 3 fully saturated rings. The van der Waals surface area contributed by atoms with Gasteiger partial charge >= 0.3 is 0 Å². The zero-order valence-corrected chi connectivity index (χ0v) is 12.5. The summed E-state index contributed by atoms with van der Waals surface area (Å²) in [5.41, 5.74) is 0.223. The predicted octanol–water partition coefficient (Wildman–Crippen LogP) is 1.86. The molecule has 3 aliphatic rings. The van der Waals surface area contributed by atoms with Crippen molar-refractivity contribution in [3.05, 3.63) is 0 Å². The van der Waals surface area contributed by atoms with Crippen LogP contribution in [0.25, 0.3) is 0 Å². The van der Waals surface area contributed by atoms with Crippen LogP contribution in [0.1, 0.15) is 39.5 Å². The first-order chi connectivity index (χ1) is 9.14. The van der Waals surface area contributed by atoms with Gasteiger partial charge < -0.3 is 15.0 Å². The van der Waals surface area contributed by atoms with Gasteiger partial charge in [0.1, 0.15) is 0 Å². The molecule has 0 radical (unpaired) electrons. The lowest BCUT2D eigenvalue weighted by Gasteiger charge is -2.60. The van der Waals surface area contributed by atoms with Gasteiger partial charge in [-0.15, -0.1) is 0 Å². The molecule has 4 nitrogen and oxygen atoms in total. The second-order valence-electron chi connectivity index (χ2n) is 6.78. The van der Waals surface area contributed by atoms with Crippen molar-refractivity contribution in [2.75, 3.05) is 26.7 Å². The van der Waals surface area contributed by atoms with E-state index in [0.717, 1.165) is 25.7 Å². The number of hydrogen-bond acceptors (Lipinski definition) is 2. The van der Waals surface area contributed by atoms with Gasteiger partial charge in [0, 0.05) is 44.1 Å². The monoisotopic (exact) mass is 265 g/mol. The Labute approximate surface area is 116 Å². The van der Waals surface area contributed by atoms with Gasteiger partial charge in [-0.05, 0) is 25.7 Å². The van der Waals surface area contributed by atoms with Gasteiger partial charge in [-0.25, -0.2) is 0 Å². The van der Waals surface area contributed by atoms with Crippen molar-refractivity contribution in [3.63, 3.8) is 0 Å². The molecule has 4 heteroatoms. The van der Waals surface area contributed by atoms with E-state index in [1.54, 1.807) is 0 Å². The van der Waals surface area contributed by atoms with Crippen molar-refractivity contribution in [2.45, 2.75) is 51.7 Å². The van der Waals surface area contributed by atoms with Gasteiger partial charge in [-0.2, -0.15) is 0 Å². The number of aliphatic imine (C=N–C) groups is 1. The Hall–Kier alpha value is -0.770. The number of rotatable bonds is 1. The van der Waals surface area contributed by atoms with Crippen LogP contribution in [0.15, 0.2) is 4.99 Å². The average Bonchev–Trinajstić information content (AvgIpc) is 2.93. The normalized spacial score (nSPS) is 37.7. The molecule has 0 bridgehead atoms. The van der Waals surface area contributed by atoms with E-state index >= 15 is 0 Å². The molecular formula is C15H27N3O. The van der Waals surface area contributed by atoms with E-state index in [4.69, 9.17) is 4.74 Å². The Morgan fingerprint density at radius 1 is 1.26 bits per heavy atom. The van der Waals surface area contributed by atoms with Gasteiger partial charge in [0.25, 0.3) is 0 Å². The van der Waals surface area contributed by atoms with E-state index in [1.807, 2.05) is 7.05 Å². The molecule has 0 aromatic heterocycles. The Morgan fingerprint density at radius 2 is 2.00 bits per heavy atom. The Bertz CT molecular complexity index is 360. The summed E-state index contributed by atoms with van der Waals surface area (Å²) in [6.45, 7) is 7.90. The summed E-state index contributed by atoms with van der Waals surface area (Å²) >= 11 is 0. The van der Waals surface area contributed by atoms with Crippen LogP contribution in [0, 0.1) is 11.3 Å². The molecule has 2 heterocycles. The Balaban J connectivity index is 1.68. The lowest BCUT2D eigenvalue weighted by Crippen LogP contribution is -2.71. The zero-order chi connectivity index (χ0) is 13.5. The highest BCUT2D eigenvalue weighted by Crippen LogP contribution is 2.51. The van der Waals surface area contributed by atoms with Crippen molar-refractivity contribution >= 4 is 5.96 Å². The van der Waals surface area contributed by atoms with Crippen LogP contribution in [0.4, 0.5) is 0 Å². The molecule has 3 rings (SSSR count). The fourth-order valence-corrected chi connectivity index (χ4v) is 4.18. The minimum atomic E-state index is 0.223. The van der Waals surface area contributed by atoms with Crippen molar-refractivity contribution in [2.24, 2.45) is 16.3 Å². The molecule has 1 aliphatic carbocycles. The quantitative estimate of drug-likeness (QED) is 0.581. The maximum atomic E-state index is 5.97.